The van der Waals surface area contributed by atoms with Crippen LogP contribution in [0.5, 0.6) is 17.2 Å². The summed E-state index contributed by atoms with van der Waals surface area (Å²) in [4.78, 5) is 14.7. The highest BCUT2D eigenvalue weighted by atomic mass is 16.5. The standard InChI is InChI=1S/C27H19NO4/c29-27-23-9-5-4-8-21(23)22-14-15-25-24(26(22)32-27)16-28(17-30-25)18-10-12-20(13-11-18)31-19-6-2-1-3-7-19/h1-15H,16-17H2. The van der Waals surface area contributed by atoms with Crippen LogP contribution in [0.1, 0.15) is 5.56 Å². The van der Waals surface area contributed by atoms with Gasteiger partial charge >= 0.3 is 5.63 Å². The van der Waals surface area contributed by atoms with Crippen LogP contribution in [0.15, 0.2) is 100 Å². The van der Waals surface area contributed by atoms with Crippen LogP contribution in [0.3, 0.4) is 0 Å². The van der Waals surface area contributed by atoms with E-state index in [0.717, 1.165) is 39.3 Å². The Bertz CT molecular complexity index is 1490. The van der Waals surface area contributed by atoms with E-state index in [4.69, 9.17) is 13.9 Å². The first kappa shape index (κ1) is 18.5. The van der Waals surface area contributed by atoms with Crippen LogP contribution in [-0.4, -0.2) is 6.73 Å². The molecule has 0 saturated carbocycles. The van der Waals surface area contributed by atoms with Crippen LogP contribution in [-0.2, 0) is 6.54 Å². The molecule has 0 N–H and O–H groups in total. The van der Waals surface area contributed by atoms with E-state index in [2.05, 4.69) is 4.90 Å². The van der Waals surface area contributed by atoms with Gasteiger partial charge in [-0.15, -0.1) is 0 Å². The summed E-state index contributed by atoms with van der Waals surface area (Å²) in [5.74, 6) is 2.31. The van der Waals surface area contributed by atoms with Gasteiger partial charge in [0.25, 0.3) is 0 Å². The summed E-state index contributed by atoms with van der Waals surface area (Å²) in [6.07, 6.45) is 0. The SMILES string of the molecule is O=c1oc2c3c(ccc2c2ccccc12)OCN(c1ccc(Oc2ccccc2)cc1)C3. The molecule has 1 aromatic heterocycles. The molecule has 1 aliphatic rings. The quantitative estimate of drug-likeness (QED) is 0.260. The molecule has 0 fully saturated rings. The number of nitrogens with zero attached hydrogens (tertiary/aromatic N) is 1. The number of fused-ring (bicyclic) bond motifs is 5. The van der Waals surface area contributed by atoms with Gasteiger partial charge in [0.15, 0.2) is 6.73 Å². The maximum Gasteiger partial charge on any atom is 0.344 e. The van der Waals surface area contributed by atoms with Crippen LogP contribution >= 0.6 is 0 Å². The van der Waals surface area contributed by atoms with Crippen molar-refractivity contribution in [2.45, 2.75) is 6.54 Å². The molecule has 156 valence electrons. The minimum Gasteiger partial charge on any atom is -0.473 e. The van der Waals surface area contributed by atoms with Gasteiger partial charge in [0.2, 0.25) is 0 Å². The molecule has 5 aromatic rings. The summed E-state index contributed by atoms with van der Waals surface area (Å²) >= 11 is 0. The summed E-state index contributed by atoms with van der Waals surface area (Å²) in [7, 11) is 0. The summed E-state index contributed by atoms with van der Waals surface area (Å²) in [5.41, 5.74) is 2.12. The van der Waals surface area contributed by atoms with Gasteiger partial charge in [-0.2, -0.15) is 0 Å². The molecular formula is C27H19NO4. The van der Waals surface area contributed by atoms with Gasteiger partial charge < -0.3 is 18.8 Å². The molecule has 32 heavy (non-hydrogen) atoms. The first-order chi connectivity index (χ1) is 15.8. The number of benzene rings is 4. The van der Waals surface area contributed by atoms with Gasteiger partial charge in [0, 0.05) is 11.1 Å². The number of para-hydroxylation sites is 1. The van der Waals surface area contributed by atoms with E-state index >= 15 is 0 Å². The molecule has 0 unspecified atom stereocenters. The van der Waals surface area contributed by atoms with E-state index in [-0.39, 0.29) is 5.63 Å². The third-order valence-corrected chi connectivity index (χ3v) is 5.76. The number of rotatable bonds is 3. The lowest BCUT2D eigenvalue weighted by atomic mass is 10.0. The van der Waals surface area contributed by atoms with E-state index in [1.54, 1.807) is 6.07 Å². The van der Waals surface area contributed by atoms with Crippen molar-refractivity contribution in [3.63, 3.8) is 0 Å². The number of hydrogen-bond acceptors (Lipinski definition) is 5. The Morgan fingerprint density at radius 1 is 0.719 bits per heavy atom. The van der Waals surface area contributed by atoms with Crippen LogP contribution in [0.25, 0.3) is 21.7 Å². The van der Waals surface area contributed by atoms with Gasteiger partial charge in [-0.3, -0.25) is 0 Å². The van der Waals surface area contributed by atoms with E-state index in [1.165, 1.54) is 0 Å². The Kier molecular flexibility index (Phi) is 4.32. The van der Waals surface area contributed by atoms with E-state index in [0.29, 0.717) is 24.2 Å². The molecule has 0 bridgehead atoms. The minimum atomic E-state index is -0.332. The van der Waals surface area contributed by atoms with Crippen LogP contribution < -0.4 is 20.0 Å². The van der Waals surface area contributed by atoms with Crippen molar-refractivity contribution in [1.29, 1.82) is 0 Å². The molecule has 0 spiro atoms. The van der Waals surface area contributed by atoms with Crippen LogP contribution in [0.4, 0.5) is 5.69 Å². The zero-order chi connectivity index (χ0) is 21.5. The Morgan fingerprint density at radius 3 is 2.25 bits per heavy atom. The zero-order valence-corrected chi connectivity index (χ0v) is 17.2. The monoisotopic (exact) mass is 421 g/mol. The van der Waals surface area contributed by atoms with Crippen molar-refractivity contribution >= 4 is 27.4 Å². The number of anilines is 1. The first-order valence-electron chi connectivity index (χ1n) is 10.4. The van der Waals surface area contributed by atoms with E-state index < -0.39 is 0 Å². The van der Waals surface area contributed by atoms with Crippen molar-refractivity contribution in [3.05, 3.63) is 107 Å². The predicted octanol–water partition coefficient (Wildman–Crippen LogP) is 6.10. The normalized spacial score (nSPS) is 13.1. The lowest BCUT2D eigenvalue weighted by Crippen LogP contribution is -2.32. The van der Waals surface area contributed by atoms with Gasteiger partial charge in [-0.25, -0.2) is 4.79 Å². The Labute approximate surface area is 184 Å². The second kappa shape index (κ2) is 7.46. The summed E-state index contributed by atoms with van der Waals surface area (Å²) in [5, 5.41) is 2.39. The maximum atomic E-state index is 12.6. The largest absolute Gasteiger partial charge is 0.473 e. The van der Waals surface area contributed by atoms with E-state index in [9.17, 15) is 4.79 Å². The topological polar surface area (TPSA) is 51.9 Å². The second-order valence-electron chi connectivity index (χ2n) is 7.73. The Morgan fingerprint density at radius 2 is 1.44 bits per heavy atom. The van der Waals surface area contributed by atoms with Crippen molar-refractivity contribution in [1.82, 2.24) is 0 Å². The molecule has 0 amide bonds. The maximum absolute atomic E-state index is 12.6. The molecule has 4 aromatic carbocycles. The van der Waals surface area contributed by atoms with Crippen molar-refractivity contribution in [3.8, 4) is 17.2 Å². The molecular weight excluding hydrogens is 402 g/mol. The van der Waals surface area contributed by atoms with Gasteiger partial charge in [0.1, 0.15) is 22.8 Å². The average molecular weight is 421 g/mol. The lowest BCUT2D eigenvalue weighted by molar-refractivity contribution is 0.289. The molecule has 0 radical (unpaired) electrons. The van der Waals surface area contributed by atoms with Gasteiger partial charge in [-0.1, -0.05) is 36.4 Å². The average Bonchev–Trinajstić information content (AvgIpc) is 2.85. The zero-order valence-electron chi connectivity index (χ0n) is 17.2. The molecule has 0 saturated heterocycles. The van der Waals surface area contributed by atoms with Crippen molar-refractivity contribution in [2.24, 2.45) is 0 Å². The molecule has 2 heterocycles. The highest BCUT2D eigenvalue weighted by Crippen LogP contribution is 2.36. The molecule has 5 heteroatoms. The molecule has 5 nitrogen and oxygen atoms in total. The van der Waals surface area contributed by atoms with Gasteiger partial charge in [0.05, 0.1) is 17.5 Å². The predicted molar refractivity (Wildman–Crippen MR) is 125 cm³/mol. The fourth-order valence-electron chi connectivity index (χ4n) is 4.17. The third kappa shape index (κ3) is 3.15. The highest BCUT2D eigenvalue weighted by molar-refractivity contribution is 6.05. The lowest BCUT2D eigenvalue weighted by Gasteiger charge is -2.31. The van der Waals surface area contributed by atoms with Crippen molar-refractivity contribution in [2.75, 3.05) is 11.6 Å². The van der Waals surface area contributed by atoms with Gasteiger partial charge in [-0.05, 0) is 60.0 Å². The second-order valence-corrected chi connectivity index (χ2v) is 7.73. The third-order valence-electron chi connectivity index (χ3n) is 5.76. The van der Waals surface area contributed by atoms with Crippen LogP contribution in [0.2, 0.25) is 0 Å². The highest BCUT2D eigenvalue weighted by Gasteiger charge is 2.23. The first-order valence-corrected chi connectivity index (χ1v) is 10.4. The minimum absolute atomic E-state index is 0.332. The molecule has 0 aliphatic carbocycles. The van der Waals surface area contributed by atoms with Crippen LogP contribution in [0, 0.1) is 0 Å². The summed E-state index contributed by atoms with van der Waals surface area (Å²) < 4.78 is 17.7. The smallest absolute Gasteiger partial charge is 0.344 e. The Balaban J connectivity index is 1.34. The summed E-state index contributed by atoms with van der Waals surface area (Å²) in [6, 6.07) is 29.0. The van der Waals surface area contributed by atoms with Crippen molar-refractivity contribution < 1.29 is 13.9 Å². The summed E-state index contributed by atoms with van der Waals surface area (Å²) in [6.45, 7) is 0.988. The fraction of sp³-hybridized carbons (Fsp3) is 0.0741. The number of hydrogen-bond donors (Lipinski definition) is 0. The number of ether oxygens (including phenoxy) is 2. The van der Waals surface area contributed by atoms with E-state index in [1.807, 2.05) is 84.9 Å². The fourth-order valence-corrected chi connectivity index (χ4v) is 4.17. The molecule has 6 rings (SSSR count). The molecule has 1 aliphatic heterocycles. The Hall–Kier alpha value is -4.25. The molecule has 0 atom stereocenters.